The van der Waals surface area contributed by atoms with Crippen molar-refractivity contribution in [1.82, 2.24) is 5.32 Å². The highest BCUT2D eigenvalue weighted by Crippen LogP contribution is 2.39. The molecule has 0 spiro atoms. The number of rotatable bonds is 6. The Kier molecular flexibility index (Phi) is 4.65. The third-order valence-electron chi connectivity index (χ3n) is 4.01. The molecule has 1 fully saturated rings. The number of benzene rings is 1. The van der Waals surface area contributed by atoms with Crippen molar-refractivity contribution in [2.45, 2.75) is 45.8 Å². The van der Waals surface area contributed by atoms with Crippen molar-refractivity contribution in [3.05, 3.63) is 29.8 Å². The molecule has 1 aromatic rings. The van der Waals surface area contributed by atoms with Crippen LogP contribution in [0.4, 0.5) is 0 Å². The minimum absolute atomic E-state index is 0.0316. The van der Waals surface area contributed by atoms with Gasteiger partial charge in [0.15, 0.2) is 6.10 Å². The fourth-order valence-electron chi connectivity index (χ4n) is 2.38. The van der Waals surface area contributed by atoms with E-state index in [9.17, 15) is 4.79 Å². The molecular formula is C16H23NO3. The van der Waals surface area contributed by atoms with Gasteiger partial charge >= 0.3 is 0 Å². The molecule has 1 aromatic carbocycles. The predicted octanol–water partition coefficient (Wildman–Crippen LogP) is 2.25. The number of ether oxygens (including phenoxy) is 1. The Hall–Kier alpha value is -1.55. The van der Waals surface area contributed by atoms with Crippen LogP contribution in [0.5, 0.6) is 5.75 Å². The van der Waals surface area contributed by atoms with Gasteiger partial charge < -0.3 is 15.2 Å². The van der Waals surface area contributed by atoms with Gasteiger partial charge in [-0.25, -0.2) is 0 Å². The van der Waals surface area contributed by atoms with Crippen molar-refractivity contribution >= 4 is 5.91 Å². The highest BCUT2D eigenvalue weighted by Gasteiger charge is 2.32. The first-order chi connectivity index (χ1) is 9.52. The Morgan fingerprint density at radius 3 is 2.85 bits per heavy atom. The Morgan fingerprint density at radius 2 is 2.25 bits per heavy atom. The molecule has 1 aliphatic carbocycles. The molecule has 2 rings (SSSR count). The Morgan fingerprint density at radius 1 is 1.50 bits per heavy atom. The number of nitrogens with one attached hydrogen (secondary N) is 1. The molecule has 4 heteroatoms. The second kappa shape index (κ2) is 6.27. The maximum Gasteiger partial charge on any atom is 0.260 e. The highest BCUT2D eigenvalue weighted by molar-refractivity contribution is 5.80. The van der Waals surface area contributed by atoms with E-state index in [1.54, 1.807) is 25.1 Å². The summed E-state index contributed by atoms with van der Waals surface area (Å²) in [6, 6.07) is 7.16. The summed E-state index contributed by atoms with van der Waals surface area (Å²) in [5.74, 6) is 0.515. The molecule has 2 N–H and O–H groups in total. The number of aliphatic hydroxyl groups excluding tert-OH is 1. The normalized spacial score (nSPS) is 17.9. The summed E-state index contributed by atoms with van der Waals surface area (Å²) >= 11 is 0. The van der Waals surface area contributed by atoms with E-state index < -0.39 is 6.10 Å². The van der Waals surface area contributed by atoms with Gasteiger partial charge in [-0.3, -0.25) is 4.79 Å². The molecule has 0 aromatic heterocycles. The number of amides is 1. The van der Waals surface area contributed by atoms with E-state index in [-0.39, 0.29) is 17.9 Å². The molecule has 110 valence electrons. The lowest BCUT2D eigenvalue weighted by molar-refractivity contribution is -0.128. The lowest BCUT2D eigenvalue weighted by atomic mass is 9.70. The molecule has 0 saturated heterocycles. The summed E-state index contributed by atoms with van der Waals surface area (Å²) in [6.07, 6.45) is 3.08. The van der Waals surface area contributed by atoms with Crippen LogP contribution >= 0.6 is 0 Å². The number of carbonyl (C=O) groups is 1. The van der Waals surface area contributed by atoms with Gasteiger partial charge in [0.1, 0.15) is 5.75 Å². The average Bonchev–Trinajstić information content (AvgIpc) is 2.42. The minimum atomic E-state index is -0.535. The quantitative estimate of drug-likeness (QED) is 0.838. The van der Waals surface area contributed by atoms with Crippen LogP contribution in [0, 0.1) is 5.41 Å². The first-order valence-corrected chi connectivity index (χ1v) is 7.17. The summed E-state index contributed by atoms with van der Waals surface area (Å²) in [4.78, 5) is 12.0. The van der Waals surface area contributed by atoms with Crippen LogP contribution in [0.2, 0.25) is 0 Å². The lowest BCUT2D eigenvalue weighted by Gasteiger charge is -2.38. The van der Waals surface area contributed by atoms with Crippen LogP contribution in [-0.2, 0) is 11.4 Å². The van der Waals surface area contributed by atoms with Crippen molar-refractivity contribution < 1.29 is 14.6 Å². The van der Waals surface area contributed by atoms with Gasteiger partial charge in [-0.2, -0.15) is 0 Å². The van der Waals surface area contributed by atoms with Crippen LogP contribution in [0.1, 0.15) is 38.7 Å². The maximum atomic E-state index is 12.0. The van der Waals surface area contributed by atoms with E-state index in [2.05, 4.69) is 12.2 Å². The zero-order valence-corrected chi connectivity index (χ0v) is 12.2. The molecule has 20 heavy (non-hydrogen) atoms. The predicted molar refractivity (Wildman–Crippen MR) is 77.4 cm³/mol. The largest absolute Gasteiger partial charge is 0.481 e. The van der Waals surface area contributed by atoms with E-state index >= 15 is 0 Å². The van der Waals surface area contributed by atoms with Gasteiger partial charge in [0.2, 0.25) is 0 Å². The zero-order valence-electron chi connectivity index (χ0n) is 12.2. The standard InChI is InChI=1S/C16H23NO3/c1-12(15(19)17-11-16(2)7-4-8-16)20-14-6-3-5-13(9-14)10-18/h3,5-6,9,12,18H,4,7-8,10-11H2,1-2H3,(H,17,19). The third-order valence-corrected chi connectivity index (χ3v) is 4.01. The van der Waals surface area contributed by atoms with Crippen LogP contribution in [-0.4, -0.2) is 23.7 Å². The Labute approximate surface area is 120 Å². The van der Waals surface area contributed by atoms with Crippen LogP contribution < -0.4 is 10.1 Å². The van der Waals surface area contributed by atoms with E-state index in [0.717, 1.165) is 12.1 Å². The van der Waals surface area contributed by atoms with Gasteiger partial charge in [-0.1, -0.05) is 25.5 Å². The topological polar surface area (TPSA) is 58.6 Å². The summed E-state index contributed by atoms with van der Waals surface area (Å²) in [5, 5.41) is 12.0. The van der Waals surface area contributed by atoms with Gasteiger partial charge in [-0.15, -0.1) is 0 Å². The number of hydrogen-bond acceptors (Lipinski definition) is 3. The summed E-state index contributed by atoms with van der Waals surface area (Å²) < 4.78 is 5.61. The van der Waals surface area contributed by atoms with Gasteiger partial charge in [0.25, 0.3) is 5.91 Å². The molecule has 1 amide bonds. The number of hydrogen-bond donors (Lipinski definition) is 2. The SMILES string of the molecule is CC(Oc1cccc(CO)c1)C(=O)NCC1(C)CCC1. The second-order valence-electron chi connectivity index (χ2n) is 5.95. The molecule has 4 nitrogen and oxygen atoms in total. The van der Waals surface area contributed by atoms with Crippen molar-refractivity contribution in [3.8, 4) is 5.75 Å². The molecule has 0 radical (unpaired) electrons. The van der Waals surface area contributed by atoms with E-state index in [4.69, 9.17) is 9.84 Å². The Balaban J connectivity index is 1.83. The van der Waals surface area contributed by atoms with Crippen molar-refractivity contribution in [2.75, 3.05) is 6.54 Å². The third kappa shape index (κ3) is 3.73. The summed E-state index contributed by atoms with van der Waals surface area (Å²) in [7, 11) is 0. The van der Waals surface area contributed by atoms with E-state index in [1.807, 2.05) is 6.07 Å². The smallest absolute Gasteiger partial charge is 0.260 e. The zero-order chi connectivity index (χ0) is 14.6. The first-order valence-electron chi connectivity index (χ1n) is 7.17. The van der Waals surface area contributed by atoms with Crippen LogP contribution in [0.25, 0.3) is 0 Å². The molecule has 0 aliphatic heterocycles. The summed E-state index contributed by atoms with van der Waals surface area (Å²) in [5.41, 5.74) is 1.05. The Bertz CT molecular complexity index is 469. The molecule has 0 bridgehead atoms. The average molecular weight is 277 g/mol. The summed E-state index contributed by atoms with van der Waals surface area (Å²) in [6.45, 7) is 4.63. The molecule has 1 unspecified atom stereocenters. The van der Waals surface area contributed by atoms with Crippen molar-refractivity contribution in [3.63, 3.8) is 0 Å². The van der Waals surface area contributed by atoms with E-state index in [0.29, 0.717) is 5.75 Å². The van der Waals surface area contributed by atoms with Gasteiger partial charge in [-0.05, 0) is 42.9 Å². The fourth-order valence-corrected chi connectivity index (χ4v) is 2.38. The lowest BCUT2D eigenvalue weighted by Crippen LogP contribution is -2.44. The monoisotopic (exact) mass is 277 g/mol. The molecule has 1 saturated carbocycles. The van der Waals surface area contributed by atoms with Crippen LogP contribution in [0.15, 0.2) is 24.3 Å². The number of aliphatic hydroxyl groups is 1. The number of carbonyl (C=O) groups excluding carboxylic acids is 1. The molecule has 1 aliphatic rings. The minimum Gasteiger partial charge on any atom is -0.481 e. The van der Waals surface area contributed by atoms with Gasteiger partial charge in [0, 0.05) is 6.54 Å². The van der Waals surface area contributed by atoms with Crippen molar-refractivity contribution in [1.29, 1.82) is 0 Å². The van der Waals surface area contributed by atoms with Gasteiger partial charge in [0.05, 0.1) is 6.61 Å². The van der Waals surface area contributed by atoms with E-state index in [1.165, 1.54) is 19.3 Å². The maximum absolute atomic E-state index is 12.0. The highest BCUT2D eigenvalue weighted by atomic mass is 16.5. The fraction of sp³-hybridized carbons (Fsp3) is 0.562. The second-order valence-corrected chi connectivity index (χ2v) is 5.95. The van der Waals surface area contributed by atoms with Crippen molar-refractivity contribution in [2.24, 2.45) is 5.41 Å². The molecule has 1 atom stereocenters. The van der Waals surface area contributed by atoms with Crippen LogP contribution in [0.3, 0.4) is 0 Å². The molecular weight excluding hydrogens is 254 g/mol. The first kappa shape index (κ1) is 14.9. The molecule has 0 heterocycles.